The van der Waals surface area contributed by atoms with Gasteiger partial charge in [-0.15, -0.1) is 0 Å². The zero-order chi connectivity index (χ0) is 13.2. The molecule has 0 saturated heterocycles. The van der Waals surface area contributed by atoms with Gasteiger partial charge in [0, 0.05) is 13.2 Å². The summed E-state index contributed by atoms with van der Waals surface area (Å²) >= 11 is 0. The molecule has 0 saturated carbocycles. The van der Waals surface area contributed by atoms with Crippen molar-refractivity contribution in [2.24, 2.45) is 0 Å². The van der Waals surface area contributed by atoms with Gasteiger partial charge in [0.15, 0.2) is 0 Å². The fourth-order valence-corrected chi connectivity index (χ4v) is 2.06. The summed E-state index contributed by atoms with van der Waals surface area (Å²) in [6.07, 6.45) is 2.61. The van der Waals surface area contributed by atoms with Crippen molar-refractivity contribution in [3.63, 3.8) is 0 Å². The number of ether oxygens (including phenoxy) is 1. The van der Waals surface area contributed by atoms with Crippen LogP contribution < -0.4 is 5.32 Å². The van der Waals surface area contributed by atoms with Gasteiger partial charge in [0.05, 0.1) is 12.7 Å². The van der Waals surface area contributed by atoms with Crippen molar-refractivity contribution in [2.45, 2.75) is 38.3 Å². The predicted octanol–water partition coefficient (Wildman–Crippen LogP) is 2.51. The van der Waals surface area contributed by atoms with Crippen molar-refractivity contribution in [2.75, 3.05) is 20.3 Å². The minimum atomic E-state index is -0.374. The lowest BCUT2D eigenvalue weighted by Gasteiger charge is -2.19. The van der Waals surface area contributed by atoms with E-state index < -0.39 is 0 Å². The smallest absolute Gasteiger partial charge is 0.0785 e. The summed E-state index contributed by atoms with van der Waals surface area (Å²) in [5.74, 6) is 0. The second-order valence-corrected chi connectivity index (χ2v) is 4.60. The SMILES string of the molecule is CCCC(NCCC(O)COC)c1ccccc1. The monoisotopic (exact) mass is 251 g/mol. The molecule has 0 aromatic heterocycles. The topological polar surface area (TPSA) is 41.5 Å². The molecular formula is C15H25NO2. The highest BCUT2D eigenvalue weighted by Gasteiger charge is 2.10. The van der Waals surface area contributed by atoms with Gasteiger partial charge in [-0.1, -0.05) is 43.7 Å². The molecule has 0 heterocycles. The fourth-order valence-electron chi connectivity index (χ4n) is 2.06. The van der Waals surface area contributed by atoms with Gasteiger partial charge in [-0.05, 0) is 24.9 Å². The summed E-state index contributed by atoms with van der Waals surface area (Å²) in [4.78, 5) is 0. The lowest BCUT2D eigenvalue weighted by Crippen LogP contribution is -2.27. The molecule has 2 N–H and O–H groups in total. The van der Waals surface area contributed by atoms with Crippen LogP contribution in [0, 0.1) is 0 Å². The molecule has 0 spiro atoms. The molecule has 1 rings (SSSR count). The van der Waals surface area contributed by atoms with Crippen LogP contribution in [-0.4, -0.2) is 31.5 Å². The molecule has 1 aromatic carbocycles. The number of rotatable bonds is 9. The second kappa shape index (κ2) is 9.09. The standard InChI is InChI=1S/C15H25NO2/c1-3-7-15(13-8-5-4-6-9-13)16-11-10-14(17)12-18-2/h4-6,8-9,14-17H,3,7,10-12H2,1-2H3. The molecular weight excluding hydrogens is 226 g/mol. The molecule has 0 bridgehead atoms. The maximum Gasteiger partial charge on any atom is 0.0785 e. The van der Waals surface area contributed by atoms with Crippen LogP contribution in [0.25, 0.3) is 0 Å². The van der Waals surface area contributed by atoms with Gasteiger partial charge in [-0.25, -0.2) is 0 Å². The first-order valence-corrected chi connectivity index (χ1v) is 6.73. The van der Waals surface area contributed by atoms with Crippen LogP contribution in [-0.2, 0) is 4.74 Å². The molecule has 3 heteroatoms. The Kier molecular flexibility index (Phi) is 7.65. The fraction of sp³-hybridized carbons (Fsp3) is 0.600. The Hall–Kier alpha value is -0.900. The summed E-state index contributed by atoms with van der Waals surface area (Å²) in [6, 6.07) is 10.9. The summed E-state index contributed by atoms with van der Waals surface area (Å²) in [7, 11) is 1.61. The van der Waals surface area contributed by atoms with E-state index in [0.717, 1.165) is 25.8 Å². The zero-order valence-electron chi connectivity index (χ0n) is 11.4. The zero-order valence-corrected chi connectivity index (χ0v) is 11.4. The van der Waals surface area contributed by atoms with Gasteiger partial charge in [0.1, 0.15) is 0 Å². The van der Waals surface area contributed by atoms with Gasteiger partial charge in [-0.3, -0.25) is 0 Å². The van der Waals surface area contributed by atoms with Crippen LogP contribution >= 0.6 is 0 Å². The number of aliphatic hydroxyl groups is 1. The highest BCUT2D eigenvalue weighted by molar-refractivity contribution is 5.18. The van der Waals surface area contributed by atoms with Crippen LogP contribution in [0.2, 0.25) is 0 Å². The molecule has 0 aliphatic heterocycles. The Morgan fingerprint density at radius 3 is 2.56 bits per heavy atom. The molecule has 0 fully saturated rings. The molecule has 3 nitrogen and oxygen atoms in total. The van der Waals surface area contributed by atoms with Crippen LogP contribution in [0.15, 0.2) is 30.3 Å². The van der Waals surface area contributed by atoms with Crippen LogP contribution in [0.3, 0.4) is 0 Å². The first-order valence-electron chi connectivity index (χ1n) is 6.73. The van der Waals surface area contributed by atoms with Gasteiger partial charge >= 0.3 is 0 Å². The third kappa shape index (κ3) is 5.63. The van der Waals surface area contributed by atoms with E-state index in [9.17, 15) is 5.11 Å². The minimum absolute atomic E-state index is 0.374. The van der Waals surface area contributed by atoms with Gasteiger partial charge < -0.3 is 15.2 Å². The van der Waals surface area contributed by atoms with Crippen molar-refractivity contribution < 1.29 is 9.84 Å². The summed E-state index contributed by atoms with van der Waals surface area (Å²) < 4.78 is 4.92. The largest absolute Gasteiger partial charge is 0.391 e. The summed E-state index contributed by atoms with van der Waals surface area (Å²) in [6.45, 7) is 3.41. The molecule has 1 aromatic rings. The quantitative estimate of drug-likeness (QED) is 0.708. The van der Waals surface area contributed by atoms with Crippen LogP contribution in [0.1, 0.15) is 37.8 Å². The number of aliphatic hydroxyl groups excluding tert-OH is 1. The Morgan fingerprint density at radius 2 is 1.94 bits per heavy atom. The van der Waals surface area contributed by atoms with E-state index in [1.54, 1.807) is 7.11 Å². The summed E-state index contributed by atoms with van der Waals surface area (Å²) in [5.41, 5.74) is 1.32. The molecule has 0 radical (unpaired) electrons. The van der Waals surface area contributed by atoms with Gasteiger partial charge in [-0.2, -0.15) is 0 Å². The molecule has 2 atom stereocenters. The molecule has 18 heavy (non-hydrogen) atoms. The van der Waals surface area contributed by atoms with Gasteiger partial charge in [0.2, 0.25) is 0 Å². The normalized spacial score (nSPS) is 14.4. The Labute approximate surface area is 110 Å². The molecule has 0 amide bonds. The third-order valence-corrected chi connectivity index (χ3v) is 3.01. The number of nitrogens with one attached hydrogen (secondary N) is 1. The van der Waals surface area contributed by atoms with Crippen molar-refractivity contribution in [3.8, 4) is 0 Å². The van der Waals surface area contributed by atoms with Crippen molar-refractivity contribution in [1.82, 2.24) is 5.32 Å². The van der Waals surface area contributed by atoms with E-state index in [1.165, 1.54) is 5.56 Å². The Morgan fingerprint density at radius 1 is 1.22 bits per heavy atom. The van der Waals surface area contributed by atoms with Crippen LogP contribution in [0.4, 0.5) is 0 Å². The maximum absolute atomic E-state index is 9.60. The third-order valence-electron chi connectivity index (χ3n) is 3.01. The number of hydrogen-bond donors (Lipinski definition) is 2. The first-order chi connectivity index (χ1) is 8.77. The Balaban J connectivity index is 2.39. The van der Waals surface area contributed by atoms with E-state index in [4.69, 9.17) is 4.74 Å². The van der Waals surface area contributed by atoms with Crippen molar-refractivity contribution in [1.29, 1.82) is 0 Å². The minimum Gasteiger partial charge on any atom is -0.391 e. The van der Waals surface area contributed by atoms with Crippen molar-refractivity contribution in [3.05, 3.63) is 35.9 Å². The number of benzene rings is 1. The summed E-state index contributed by atoms with van der Waals surface area (Å²) in [5, 5.41) is 13.1. The highest BCUT2D eigenvalue weighted by Crippen LogP contribution is 2.17. The first kappa shape index (κ1) is 15.2. The lowest BCUT2D eigenvalue weighted by molar-refractivity contribution is 0.0589. The molecule has 2 unspecified atom stereocenters. The van der Waals surface area contributed by atoms with E-state index in [1.807, 2.05) is 6.07 Å². The van der Waals surface area contributed by atoms with Crippen LogP contribution in [0.5, 0.6) is 0 Å². The van der Waals surface area contributed by atoms with Crippen molar-refractivity contribution >= 4 is 0 Å². The average Bonchev–Trinajstić information content (AvgIpc) is 2.39. The molecule has 0 aliphatic rings. The van der Waals surface area contributed by atoms with E-state index in [-0.39, 0.29) is 6.10 Å². The van der Waals surface area contributed by atoms with E-state index in [0.29, 0.717) is 12.6 Å². The van der Waals surface area contributed by atoms with Gasteiger partial charge in [0.25, 0.3) is 0 Å². The van der Waals surface area contributed by atoms with E-state index >= 15 is 0 Å². The maximum atomic E-state index is 9.60. The molecule has 0 aliphatic carbocycles. The number of hydrogen-bond acceptors (Lipinski definition) is 3. The Bertz CT molecular complexity index is 303. The lowest BCUT2D eigenvalue weighted by atomic mass is 10.0. The molecule has 102 valence electrons. The predicted molar refractivity (Wildman–Crippen MR) is 74.6 cm³/mol. The second-order valence-electron chi connectivity index (χ2n) is 4.60. The highest BCUT2D eigenvalue weighted by atomic mass is 16.5. The average molecular weight is 251 g/mol. The van der Waals surface area contributed by atoms with E-state index in [2.05, 4.69) is 36.5 Å². The number of methoxy groups -OCH3 is 1.